The van der Waals surface area contributed by atoms with Crippen molar-refractivity contribution in [3.05, 3.63) is 59.7 Å². The first-order valence-corrected chi connectivity index (χ1v) is 11.5. The Morgan fingerprint density at radius 3 is 2.12 bits per heavy atom. The maximum atomic E-state index is 13.3. The molecule has 7 nitrogen and oxygen atoms in total. The molecule has 7 heteroatoms. The lowest BCUT2D eigenvalue weighted by molar-refractivity contribution is -0.151. The van der Waals surface area contributed by atoms with E-state index in [1.165, 1.54) is 18.9 Å². The van der Waals surface area contributed by atoms with Gasteiger partial charge in [-0.3, -0.25) is 4.79 Å². The molecule has 0 unspecified atom stereocenters. The standard InChI is InChI=1S/C26H30N2O5/c1-17(23(29)30)28(2)24(31)26(14-8-3-9-15-26)27-25(32)33-16-22-20-12-6-4-10-18(20)19-11-5-7-13-21(19)22/h4-7,10-13,17,22H,3,8-9,14-16H2,1-2H3,(H,27,32)(H,29,30)/t17-/m0/s1. The summed E-state index contributed by atoms with van der Waals surface area (Å²) in [6, 6.07) is 15.2. The third-order valence-corrected chi connectivity index (χ3v) is 7.06. The Kier molecular flexibility index (Phi) is 6.40. The molecule has 2 aromatic carbocycles. The predicted octanol–water partition coefficient (Wildman–Crippen LogP) is 4.16. The van der Waals surface area contributed by atoms with Gasteiger partial charge in [-0.05, 0) is 42.0 Å². The van der Waals surface area contributed by atoms with Crippen LogP contribution in [-0.4, -0.2) is 53.2 Å². The molecule has 0 heterocycles. The third kappa shape index (κ3) is 4.32. The summed E-state index contributed by atoms with van der Waals surface area (Å²) < 4.78 is 5.67. The van der Waals surface area contributed by atoms with Gasteiger partial charge < -0.3 is 20.1 Å². The average molecular weight is 451 g/mol. The Bertz CT molecular complexity index is 1010. The second-order valence-corrected chi connectivity index (χ2v) is 9.02. The van der Waals surface area contributed by atoms with Crippen LogP contribution >= 0.6 is 0 Å². The van der Waals surface area contributed by atoms with E-state index in [-0.39, 0.29) is 18.4 Å². The Morgan fingerprint density at radius 1 is 1.03 bits per heavy atom. The fourth-order valence-electron chi connectivity index (χ4n) is 5.06. The number of carboxylic acid groups (broad SMARTS) is 1. The zero-order valence-electron chi connectivity index (χ0n) is 19.0. The minimum Gasteiger partial charge on any atom is -0.480 e. The number of ether oxygens (including phenoxy) is 1. The number of nitrogens with zero attached hydrogens (tertiary/aromatic N) is 1. The van der Waals surface area contributed by atoms with Crippen LogP contribution in [0.15, 0.2) is 48.5 Å². The highest BCUT2D eigenvalue weighted by Crippen LogP contribution is 2.44. The number of fused-ring (bicyclic) bond motifs is 3. The van der Waals surface area contributed by atoms with Crippen molar-refractivity contribution >= 4 is 18.0 Å². The number of benzene rings is 2. The molecule has 2 aromatic rings. The molecule has 0 saturated heterocycles. The smallest absolute Gasteiger partial charge is 0.408 e. The molecule has 174 valence electrons. The topological polar surface area (TPSA) is 95.9 Å². The zero-order chi connectivity index (χ0) is 23.6. The summed E-state index contributed by atoms with van der Waals surface area (Å²) in [5.41, 5.74) is 3.38. The van der Waals surface area contributed by atoms with Crippen LogP contribution in [0.5, 0.6) is 0 Å². The van der Waals surface area contributed by atoms with Crippen LogP contribution in [-0.2, 0) is 14.3 Å². The van der Waals surface area contributed by atoms with E-state index in [9.17, 15) is 19.5 Å². The minimum atomic E-state index is -1.14. The van der Waals surface area contributed by atoms with Gasteiger partial charge in [-0.15, -0.1) is 0 Å². The van der Waals surface area contributed by atoms with Crippen molar-refractivity contribution in [2.75, 3.05) is 13.7 Å². The van der Waals surface area contributed by atoms with Crippen LogP contribution in [0.25, 0.3) is 11.1 Å². The highest BCUT2D eigenvalue weighted by Gasteiger charge is 2.45. The van der Waals surface area contributed by atoms with E-state index < -0.39 is 23.6 Å². The maximum absolute atomic E-state index is 13.3. The normalized spacial score (nSPS) is 17.4. The highest BCUT2D eigenvalue weighted by atomic mass is 16.5. The number of rotatable bonds is 6. The van der Waals surface area contributed by atoms with E-state index in [2.05, 4.69) is 29.6 Å². The number of carbonyl (C=O) groups excluding carboxylic acids is 2. The lowest BCUT2D eigenvalue weighted by Gasteiger charge is -2.39. The summed E-state index contributed by atoms with van der Waals surface area (Å²) in [7, 11) is 1.47. The van der Waals surface area contributed by atoms with Crippen molar-refractivity contribution in [1.29, 1.82) is 0 Å². The van der Waals surface area contributed by atoms with Gasteiger partial charge in [0.25, 0.3) is 0 Å². The maximum Gasteiger partial charge on any atom is 0.408 e. The fraction of sp³-hybridized carbons (Fsp3) is 0.423. The van der Waals surface area contributed by atoms with Gasteiger partial charge in [0.15, 0.2) is 0 Å². The number of hydrogen-bond donors (Lipinski definition) is 2. The monoisotopic (exact) mass is 450 g/mol. The van der Waals surface area contributed by atoms with E-state index in [4.69, 9.17) is 4.74 Å². The quantitative estimate of drug-likeness (QED) is 0.689. The summed E-state index contributed by atoms with van der Waals surface area (Å²) in [6.07, 6.45) is 2.82. The third-order valence-electron chi connectivity index (χ3n) is 7.06. The molecular formula is C26H30N2O5. The van der Waals surface area contributed by atoms with Crippen LogP contribution < -0.4 is 5.32 Å². The fourth-order valence-corrected chi connectivity index (χ4v) is 5.06. The zero-order valence-corrected chi connectivity index (χ0v) is 19.0. The van der Waals surface area contributed by atoms with Crippen LogP contribution in [0.4, 0.5) is 4.79 Å². The number of likely N-dealkylation sites (N-methyl/N-ethyl adjacent to an activating group) is 1. The molecule has 33 heavy (non-hydrogen) atoms. The number of carbonyl (C=O) groups is 3. The van der Waals surface area contributed by atoms with Gasteiger partial charge in [-0.2, -0.15) is 0 Å². The molecule has 2 amide bonds. The summed E-state index contributed by atoms with van der Waals surface area (Å²) in [5, 5.41) is 12.2. The van der Waals surface area contributed by atoms with Crippen molar-refractivity contribution in [3.63, 3.8) is 0 Å². The van der Waals surface area contributed by atoms with Gasteiger partial charge in [0.1, 0.15) is 18.2 Å². The number of nitrogens with one attached hydrogen (secondary N) is 1. The Labute approximate surface area is 193 Å². The first kappa shape index (κ1) is 22.8. The van der Waals surface area contributed by atoms with Crippen LogP contribution in [0.2, 0.25) is 0 Å². The van der Waals surface area contributed by atoms with Gasteiger partial charge in [0.2, 0.25) is 5.91 Å². The summed E-state index contributed by atoms with van der Waals surface area (Å²) in [6.45, 7) is 1.62. The number of amides is 2. The summed E-state index contributed by atoms with van der Waals surface area (Å²) in [4.78, 5) is 38.8. The van der Waals surface area contributed by atoms with Crippen molar-refractivity contribution in [3.8, 4) is 11.1 Å². The molecule has 1 fully saturated rings. The molecule has 2 aliphatic carbocycles. The van der Waals surface area contributed by atoms with E-state index in [0.717, 1.165) is 41.5 Å². The van der Waals surface area contributed by atoms with Gasteiger partial charge >= 0.3 is 12.1 Å². The summed E-state index contributed by atoms with van der Waals surface area (Å²) in [5.74, 6) is -1.54. The van der Waals surface area contributed by atoms with Crippen LogP contribution in [0.3, 0.4) is 0 Å². The number of carboxylic acids is 1. The molecule has 4 rings (SSSR count). The molecule has 0 aliphatic heterocycles. The first-order chi connectivity index (χ1) is 15.8. The van der Waals surface area contributed by atoms with Crippen LogP contribution in [0.1, 0.15) is 56.1 Å². The van der Waals surface area contributed by atoms with Crippen molar-refractivity contribution in [2.24, 2.45) is 0 Å². The average Bonchev–Trinajstić information content (AvgIpc) is 3.15. The molecule has 2 aliphatic rings. The van der Waals surface area contributed by atoms with Gasteiger partial charge in [0.05, 0.1) is 0 Å². The van der Waals surface area contributed by atoms with E-state index in [1.54, 1.807) is 0 Å². The van der Waals surface area contributed by atoms with Crippen molar-refractivity contribution in [2.45, 2.75) is 56.5 Å². The molecule has 0 radical (unpaired) electrons. The number of hydrogen-bond acceptors (Lipinski definition) is 4. The van der Waals surface area contributed by atoms with Crippen molar-refractivity contribution in [1.82, 2.24) is 10.2 Å². The van der Waals surface area contributed by atoms with E-state index in [0.29, 0.717) is 12.8 Å². The molecule has 0 spiro atoms. The lowest BCUT2D eigenvalue weighted by atomic mass is 9.80. The van der Waals surface area contributed by atoms with E-state index >= 15 is 0 Å². The largest absolute Gasteiger partial charge is 0.480 e. The second-order valence-electron chi connectivity index (χ2n) is 9.02. The lowest BCUT2D eigenvalue weighted by Crippen LogP contribution is -2.62. The van der Waals surface area contributed by atoms with Gasteiger partial charge in [-0.25, -0.2) is 9.59 Å². The van der Waals surface area contributed by atoms with Gasteiger partial charge in [0, 0.05) is 13.0 Å². The second kappa shape index (κ2) is 9.25. The molecule has 0 bridgehead atoms. The predicted molar refractivity (Wildman–Crippen MR) is 124 cm³/mol. The van der Waals surface area contributed by atoms with Crippen LogP contribution in [0, 0.1) is 0 Å². The molecule has 1 saturated carbocycles. The van der Waals surface area contributed by atoms with Gasteiger partial charge in [-0.1, -0.05) is 67.8 Å². The number of alkyl carbamates (subject to hydrolysis) is 1. The SMILES string of the molecule is C[C@@H](C(=O)O)N(C)C(=O)C1(NC(=O)OCC2c3ccccc3-c3ccccc32)CCCCC1. The Hall–Kier alpha value is -3.35. The molecule has 1 atom stereocenters. The molecule has 2 N–H and O–H groups in total. The Balaban J connectivity index is 1.49. The minimum absolute atomic E-state index is 0.0733. The Morgan fingerprint density at radius 2 is 1.58 bits per heavy atom. The van der Waals surface area contributed by atoms with E-state index in [1.807, 2.05) is 24.3 Å². The van der Waals surface area contributed by atoms with Crippen molar-refractivity contribution < 1.29 is 24.2 Å². The summed E-state index contributed by atoms with van der Waals surface area (Å²) >= 11 is 0. The first-order valence-electron chi connectivity index (χ1n) is 11.5. The molecule has 0 aromatic heterocycles. The molecular weight excluding hydrogens is 420 g/mol. The number of aliphatic carboxylic acids is 1. The highest BCUT2D eigenvalue weighted by molar-refractivity contribution is 5.92.